The van der Waals surface area contributed by atoms with Crippen molar-refractivity contribution < 1.29 is 0 Å². The lowest BCUT2D eigenvalue weighted by Gasteiger charge is -1.90. The lowest BCUT2D eigenvalue weighted by Crippen LogP contribution is -1.62. The minimum Gasteiger partial charge on any atom is -0.185 e. The smallest absolute Gasteiger partial charge is 0.134 e. The fraction of sp³-hybridized carbons (Fsp3) is 0.500. The molecule has 0 unspecified atom stereocenters. The number of thiocyanates is 2. The van der Waals surface area contributed by atoms with Crippen molar-refractivity contribution in [3.05, 3.63) is 0 Å². The van der Waals surface area contributed by atoms with Crippen LogP contribution in [0, 0.1) is 21.3 Å². The molecule has 0 N–H and O–H groups in total. The van der Waals surface area contributed by atoms with Gasteiger partial charge in [0.1, 0.15) is 10.8 Å². The largest absolute Gasteiger partial charge is 0.185 e. The highest BCUT2D eigenvalue weighted by molar-refractivity contribution is 8.79. The monoisotopic (exact) mass is 208 g/mol. The van der Waals surface area contributed by atoms with E-state index < -0.39 is 0 Å². The first-order chi connectivity index (χ1) is 4.91. The van der Waals surface area contributed by atoms with Gasteiger partial charge in [0, 0.05) is 0 Å². The Morgan fingerprint density at radius 3 is 1.60 bits per heavy atom. The summed E-state index contributed by atoms with van der Waals surface area (Å²) < 4.78 is 0. The topological polar surface area (TPSA) is 47.6 Å². The van der Waals surface area contributed by atoms with Crippen molar-refractivity contribution >= 4 is 45.1 Å². The van der Waals surface area contributed by atoms with E-state index in [1.54, 1.807) is 21.6 Å². The Kier molecular flexibility index (Phi) is 9.74. The van der Waals surface area contributed by atoms with Crippen LogP contribution in [-0.4, -0.2) is 10.2 Å². The van der Waals surface area contributed by atoms with Crippen LogP contribution in [-0.2, 0) is 0 Å². The Morgan fingerprint density at radius 1 is 0.900 bits per heavy atom. The van der Waals surface area contributed by atoms with Gasteiger partial charge in [0.25, 0.3) is 0 Å². The summed E-state index contributed by atoms with van der Waals surface area (Å²) in [4.78, 5) is 0. The maximum atomic E-state index is 8.10. The van der Waals surface area contributed by atoms with Gasteiger partial charge < -0.3 is 0 Å². The van der Waals surface area contributed by atoms with Crippen LogP contribution >= 0.6 is 45.1 Å². The summed E-state index contributed by atoms with van der Waals surface area (Å²) in [6.07, 6.45) is 0. The summed E-state index contributed by atoms with van der Waals surface area (Å²) in [6, 6.07) is 0. The molecule has 0 heterocycles. The Balaban J connectivity index is 2.80. The van der Waals surface area contributed by atoms with E-state index in [0.29, 0.717) is 0 Å². The van der Waals surface area contributed by atoms with Crippen molar-refractivity contribution in [3.63, 3.8) is 0 Å². The van der Waals surface area contributed by atoms with E-state index in [1.165, 1.54) is 23.5 Å². The summed E-state index contributed by atoms with van der Waals surface area (Å²) in [7, 11) is 3.21. The first-order valence-electron chi connectivity index (χ1n) is 2.18. The van der Waals surface area contributed by atoms with Crippen LogP contribution in [0.5, 0.6) is 0 Å². The van der Waals surface area contributed by atoms with Gasteiger partial charge in [-0.2, -0.15) is 10.5 Å². The van der Waals surface area contributed by atoms with Gasteiger partial charge in [-0.25, -0.2) is 0 Å². The van der Waals surface area contributed by atoms with Crippen LogP contribution < -0.4 is 0 Å². The molecule has 0 bridgehead atoms. The Labute approximate surface area is 76.5 Å². The molecule has 0 amide bonds. The average Bonchev–Trinajstić information content (AvgIpc) is 1.97. The third kappa shape index (κ3) is 8.38. The van der Waals surface area contributed by atoms with Crippen molar-refractivity contribution in [3.8, 4) is 10.8 Å². The molecule has 0 aromatic carbocycles. The van der Waals surface area contributed by atoms with Crippen molar-refractivity contribution in [2.75, 3.05) is 10.2 Å². The van der Waals surface area contributed by atoms with Crippen LogP contribution in [0.1, 0.15) is 0 Å². The highest BCUT2D eigenvalue weighted by Crippen LogP contribution is 2.28. The van der Waals surface area contributed by atoms with Gasteiger partial charge in [-0.3, -0.25) is 0 Å². The second kappa shape index (κ2) is 9.38. The minimum absolute atomic E-state index is 0.771. The zero-order valence-electron chi connectivity index (χ0n) is 4.94. The van der Waals surface area contributed by atoms with Crippen LogP contribution in [0.15, 0.2) is 0 Å². The van der Waals surface area contributed by atoms with Crippen molar-refractivity contribution in [2.24, 2.45) is 0 Å². The van der Waals surface area contributed by atoms with Crippen molar-refractivity contribution in [1.82, 2.24) is 0 Å². The molecule has 6 heteroatoms. The first-order valence-corrected chi connectivity index (χ1v) is 6.64. The van der Waals surface area contributed by atoms with E-state index >= 15 is 0 Å². The molecule has 0 aromatic rings. The Morgan fingerprint density at radius 2 is 1.30 bits per heavy atom. The molecular weight excluding hydrogens is 204 g/mol. The molecule has 0 radical (unpaired) electrons. The highest BCUT2D eigenvalue weighted by Gasteiger charge is 1.89. The number of hydrogen-bond acceptors (Lipinski definition) is 6. The molecule has 2 nitrogen and oxygen atoms in total. The molecule has 0 aliphatic rings. The second-order valence-corrected chi connectivity index (χ2v) is 5.66. The number of nitrogens with zero attached hydrogens (tertiary/aromatic N) is 2. The fourth-order valence-corrected chi connectivity index (χ4v) is 3.61. The van der Waals surface area contributed by atoms with Crippen LogP contribution in [0.25, 0.3) is 0 Å². The summed E-state index contributed by atoms with van der Waals surface area (Å²) >= 11 is 2.44. The SMILES string of the molecule is N#CSCSSCSC#N. The van der Waals surface area contributed by atoms with Gasteiger partial charge in [0.15, 0.2) is 0 Å². The molecule has 0 spiro atoms. The number of nitriles is 2. The molecule has 0 atom stereocenters. The zero-order chi connectivity index (χ0) is 7.66. The maximum Gasteiger partial charge on any atom is 0.134 e. The molecule has 0 saturated heterocycles. The third-order valence-corrected chi connectivity index (χ3v) is 4.80. The number of hydrogen-bond donors (Lipinski definition) is 0. The lowest BCUT2D eigenvalue weighted by atomic mass is 11.8. The fourth-order valence-electron chi connectivity index (χ4n) is 0.169. The van der Waals surface area contributed by atoms with Gasteiger partial charge in [-0.1, -0.05) is 21.6 Å². The van der Waals surface area contributed by atoms with Crippen LogP contribution in [0.2, 0.25) is 0 Å². The molecule has 0 aliphatic heterocycles. The van der Waals surface area contributed by atoms with Crippen molar-refractivity contribution in [2.45, 2.75) is 0 Å². The Bertz CT molecular complexity index is 128. The maximum absolute atomic E-state index is 8.10. The standard InChI is InChI=1S/C4H4N2S4/c5-1-7-3-9-10-4-8-2-6/h3-4H2. The van der Waals surface area contributed by atoms with Gasteiger partial charge >= 0.3 is 0 Å². The first kappa shape index (κ1) is 10.4. The van der Waals surface area contributed by atoms with Crippen LogP contribution in [0.3, 0.4) is 0 Å². The third-order valence-electron chi connectivity index (χ3n) is 0.427. The molecule has 54 valence electrons. The summed E-state index contributed by atoms with van der Waals surface area (Å²) in [5, 5.41) is 21.7. The van der Waals surface area contributed by atoms with Gasteiger partial charge in [0.05, 0.1) is 10.2 Å². The molecule has 0 aliphatic carbocycles. The van der Waals surface area contributed by atoms with E-state index in [4.69, 9.17) is 10.5 Å². The highest BCUT2D eigenvalue weighted by atomic mass is 33.1. The predicted octanol–water partition coefficient (Wildman–Crippen LogP) is 2.71. The number of thioether (sulfide) groups is 2. The van der Waals surface area contributed by atoms with Crippen LogP contribution in [0.4, 0.5) is 0 Å². The van der Waals surface area contributed by atoms with Crippen molar-refractivity contribution in [1.29, 1.82) is 10.5 Å². The molecule has 10 heavy (non-hydrogen) atoms. The van der Waals surface area contributed by atoms with Gasteiger partial charge in [-0.05, 0) is 23.5 Å². The molecule has 0 saturated carbocycles. The lowest BCUT2D eigenvalue weighted by molar-refractivity contribution is 1.57. The van der Waals surface area contributed by atoms with Gasteiger partial charge in [-0.15, -0.1) is 0 Å². The van der Waals surface area contributed by atoms with E-state index in [-0.39, 0.29) is 0 Å². The van der Waals surface area contributed by atoms with E-state index in [0.717, 1.165) is 10.2 Å². The van der Waals surface area contributed by atoms with E-state index in [1.807, 2.05) is 10.8 Å². The summed E-state index contributed by atoms with van der Waals surface area (Å²) in [5.41, 5.74) is 0. The molecule has 0 rings (SSSR count). The molecular formula is C4H4N2S4. The second-order valence-electron chi connectivity index (χ2n) is 0.943. The quantitative estimate of drug-likeness (QED) is 0.300. The summed E-state index contributed by atoms with van der Waals surface area (Å²) in [5.74, 6) is 0. The minimum atomic E-state index is 0.771. The molecule has 0 fully saturated rings. The predicted molar refractivity (Wildman–Crippen MR) is 51.3 cm³/mol. The summed E-state index contributed by atoms with van der Waals surface area (Å²) in [6.45, 7) is 0. The molecule has 0 aromatic heterocycles. The Hall–Kier alpha value is 0.380. The average molecular weight is 208 g/mol. The zero-order valence-corrected chi connectivity index (χ0v) is 8.21. The van der Waals surface area contributed by atoms with Gasteiger partial charge in [0.2, 0.25) is 0 Å². The van der Waals surface area contributed by atoms with E-state index in [2.05, 4.69) is 0 Å². The van der Waals surface area contributed by atoms with E-state index in [9.17, 15) is 0 Å². The number of rotatable bonds is 5. The normalized spacial score (nSPS) is 8.20.